The van der Waals surface area contributed by atoms with Gasteiger partial charge in [0.05, 0.1) is 24.9 Å². The van der Waals surface area contributed by atoms with Crippen LogP contribution in [-0.2, 0) is 11.3 Å². The van der Waals surface area contributed by atoms with Gasteiger partial charge in [-0.05, 0) is 5.56 Å². The Morgan fingerprint density at radius 1 is 0.800 bits per heavy atom. The third-order valence-electron chi connectivity index (χ3n) is 5.14. The predicted molar refractivity (Wildman–Crippen MR) is 97.9 cm³/mol. The molecule has 1 aromatic rings. The Kier molecular flexibility index (Phi) is 9.61. The molecule has 0 aliphatic rings. The largest absolute Gasteiger partial charge is 0.396 e. The number of ether oxygens (including phenoxy) is 1. The molecule has 7 atom stereocenters. The third kappa shape index (κ3) is 6.35. The molecule has 0 aliphatic heterocycles. The summed E-state index contributed by atoms with van der Waals surface area (Å²) in [5, 5.41) is 39.7. The number of rotatable bonds is 11. The monoisotopic (exact) mass is 354 g/mol. The van der Waals surface area contributed by atoms with Gasteiger partial charge in [-0.15, -0.1) is 0 Å². The lowest BCUT2D eigenvalue weighted by atomic mass is 9.80. The Morgan fingerprint density at radius 3 is 1.64 bits per heavy atom. The molecular weight excluding hydrogens is 320 g/mol. The first-order valence-corrected chi connectivity index (χ1v) is 9.06. The summed E-state index contributed by atoms with van der Waals surface area (Å²) in [7, 11) is 0. The minimum Gasteiger partial charge on any atom is -0.396 e. The summed E-state index contributed by atoms with van der Waals surface area (Å²) in [6, 6.07) is 9.74. The first-order chi connectivity index (χ1) is 11.8. The Bertz CT molecular complexity index is 444. The highest BCUT2D eigenvalue weighted by atomic mass is 16.5. The minimum atomic E-state index is -0.746. The van der Waals surface area contributed by atoms with Crippen molar-refractivity contribution >= 4 is 0 Å². The fourth-order valence-electron chi connectivity index (χ4n) is 3.19. The molecule has 0 saturated heterocycles. The lowest BCUT2D eigenvalue weighted by Crippen LogP contribution is -2.45. The van der Waals surface area contributed by atoms with Crippen molar-refractivity contribution in [2.75, 3.05) is 13.2 Å². The molecule has 1 rings (SSSR count). The quantitative estimate of drug-likeness (QED) is 0.487. The second-order valence-corrected chi connectivity index (χ2v) is 7.28. The highest BCUT2D eigenvalue weighted by molar-refractivity contribution is 5.13. The van der Waals surface area contributed by atoms with E-state index in [0.29, 0.717) is 6.61 Å². The van der Waals surface area contributed by atoms with Crippen LogP contribution in [0.4, 0.5) is 0 Å². The molecule has 0 aromatic heterocycles. The number of aliphatic hydroxyl groups is 4. The van der Waals surface area contributed by atoms with Crippen molar-refractivity contribution in [3.8, 4) is 0 Å². The molecular formula is C20H34O5. The van der Waals surface area contributed by atoms with E-state index >= 15 is 0 Å². The molecule has 0 aliphatic carbocycles. The molecule has 0 fully saturated rings. The summed E-state index contributed by atoms with van der Waals surface area (Å²) < 4.78 is 6.10. The summed E-state index contributed by atoms with van der Waals surface area (Å²) in [6.07, 6.45) is -1.90. The second-order valence-electron chi connectivity index (χ2n) is 7.28. The maximum absolute atomic E-state index is 10.5. The van der Waals surface area contributed by atoms with E-state index in [0.717, 1.165) is 5.56 Å². The van der Waals surface area contributed by atoms with Crippen LogP contribution in [0.3, 0.4) is 0 Å². The van der Waals surface area contributed by atoms with Gasteiger partial charge in [-0.2, -0.15) is 0 Å². The normalized spacial score (nSPS) is 20.3. The Labute approximate surface area is 151 Å². The van der Waals surface area contributed by atoms with E-state index in [1.807, 2.05) is 44.2 Å². The van der Waals surface area contributed by atoms with Crippen LogP contribution >= 0.6 is 0 Å². The van der Waals surface area contributed by atoms with E-state index in [2.05, 4.69) is 0 Å². The van der Waals surface area contributed by atoms with Gasteiger partial charge in [-0.3, -0.25) is 0 Å². The van der Waals surface area contributed by atoms with E-state index in [-0.39, 0.29) is 36.9 Å². The van der Waals surface area contributed by atoms with Crippen molar-refractivity contribution in [3.63, 3.8) is 0 Å². The summed E-state index contributed by atoms with van der Waals surface area (Å²) in [4.78, 5) is 0. The van der Waals surface area contributed by atoms with E-state index in [1.165, 1.54) is 0 Å². The van der Waals surface area contributed by atoms with Crippen molar-refractivity contribution in [2.24, 2.45) is 23.7 Å². The molecule has 0 bridgehead atoms. The molecule has 0 spiro atoms. The van der Waals surface area contributed by atoms with Crippen molar-refractivity contribution in [3.05, 3.63) is 35.9 Å². The molecule has 0 amide bonds. The smallest absolute Gasteiger partial charge is 0.0720 e. The molecule has 144 valence electrons. The van der Waals surface area contributed by atoms with Crippen molar-refractivity contribution in [1.82, 2.24) is 0 Å². The number of hydrogen-bond donors (Lipinski definition) is 4. The van der Waals surface area contributed by atoms with Gasteiger partial charge >= 0.3 is 0 Å². The Hall–Kier alpha value is -0.980. The Morgan fingerprint density at radius 2 is 1.24 bits per heavy atom. The topological polar surface area (TPSA) is 90.2 Å². The van der Waals surface area contributed by atoms with Crippen LogP contribution in [0.25, 0.3) is 0 Å². The molecule has 1 aromatic carbocycles. The van der Waals surface area contributed by atoms with Gasteiger partial charge in [0.25, 0.3) is 0 Å². The maximum Gasteiger partial charge on any atom is 0.0720 e. The first-order valence-electron chi connectivity index (χ1n) is 9.06. The molecule has 0 heterocycles. The zero-order valence-corrected chi connectivity index (χ0v) is 15.7. The van der Waals surface area contributed by atoms with E-state index < -0.39 is 18.3 Å². The van der Waals surface area contributed by atoms with Gasteiger partial charge in [-0.1, -0.05) is 58.0 Å². The summed E-state index contributed by atoms with van der Waals surface area (Å²) in [5.41, 5.74) is 1.02. The standard InChI is InChI=1S/C20H34O5/c1-13(10-21)18(23)15(3)20(16(4)19(24)14(2)11-22)25-12-17-8-6-5-7-9-17/h5-9,13-16,18-24H,10-12H2,1-4H3/t13-,14+,15+,16-,18-,19+,20?. The average Bonchev–Trinajstić information content (AvgIpc) is 2.65. The molecule has 0 saturated carbocycles. The summed E-state index contributed by atoms with van der Waals surface area (Å²) >= 11 is 0. The molecule has 5 nitrogen and oxygen atoms in total. The summed E-state index contributed by atoms with van der Waals surface area (Å²) in [6.45, 7) is 7.47. The van der Waals surface area contributed by atoms with E-state index in [1.54, 1.807) is 13.8 Å². The lowest BCUT2D eigenvalue weighted by Gasteiger charge is -2.37. The van der Waals surface area contributed by atoms with Crippen molar-refractivity contribution in [2.45, 2.75) is 52.6 Å². The van der Waals surface area contributed by atoms with Crippen LogP contribution in [0.5, 0.6) is 0 Å². The van der Waals surface area contributed by atoms with E-state index in [4.69, 9.17) is 4.74 Å². The van der Waals surface area contributed by atoms with Gasteiger partial charge in [0.15, 0.2) is 0 Å². The first kappa shape index (κ1) is 22.1. The highest BCUT2D eigenvalue weighted by Crippen LogP contribution is 2.29. The molecule has 25 heavy (non-hydrogen) atoms. The fourth-order valence-corrected chi connectivity index (χ4v) is 3.19. The number of hydrogen-bond acceptors (Lipinski definition) is 5. The summed E-state index contributed by atoms with van der Waals surface area (Å²) in [5.74, 6) is -1.11. The van der Waals surface area contributed by atoms with Crippen molar-refractivity contribution < 1.29 is 25.2 Å². The van der Waals surface area contributed by atoms with Gasteiger partial charge < -0.3 is 25.2 Å². The second kappa shape index (κ2) is 10.9. The van der Waals surface area contributed by atoms with Gasteiger partial charge in [-0.25, -0.2) is 0 Å². The maximum atomic E-state index is 10.5. The number of aliphatic hydroxyl groups excluding tert-OH is 4. The van der Waals surface area contributed by atoms with Crippen LogP contribution < -0.4 is 0 Å². The van der Waals surface area contributed by atoms with Crippen LogP contribution in [-0.4, -0.2) is 52.0 Å². The van der Waals surface area contributed by atoms with Crippen LogP contribution in [0.1, 0.15) is 33.3 Å². The van der Waals surface area contributed by atoms with Crippen LogP contribution in [0.2, 0.25) is 0 Å². The molecule has 4 N–H and O–H groups in total. The minimum absolute atomic E-state index is 0.110. The fraction of sp³-hybridized carbons (Fsp3) is 0.700. The number of benzene rings is 1. The van der Waals surface area contributed by atoms with Crippen molar-refractivity contribution in [1.29, 1.82) is 0 Å². The SMILES string of the molecule is C[C@H](CO)[C@@H](O)[C@H](C)C(OCc1ccccc1)[C@H](C)[C@@H](O)[C@@H](C)CO. The molecule has 0 radical (unpaired) electrons. The lowest BCUT2D eigenvalue weighted by molar-refractivity contribution is -0.113. The zero-order chi connectivity index (χ0) is 19.0. The van der Waals surface area contributed by atoms with Crippen LogP contribution in [0, 0.1) is 23.7 Å². The zero-order valence-electron chi connectivity index (χ0n) is 15.7. The third-order valence-corrected chi connectivity index (χ3v) is 5.14. The van der Waals surface area contributed by atoms with Gasteiger partial charge in [0.2, 0.25) is 0 Å². The molecule has 5 heteroatoms. The average molecular weight is 354 g/mol. The highest BCUT2D eigenvalue weighted by Gasteiger charge is 2.36. The molecule has 1 unspecified atom stereocenters. The predicted octanol–water partition coefficient (Wildman–Crippen LogP) is 1.82. The van der Waals surface area contributed by atoms with Crippen LogP contribution in [0.15, 0.2) is 30.3 Å². The van der Waals surface area contributed by atoms with Gasteiger partial charge in [0, 0.05) is 36.9 Å². The van der Waals surface area contributed by atoms with Gasteiger partial charge in [0.1, 0.15) is 0 Å². The Balaban J connectivity index is 2.91. The van der Waals surface area contributed by atoms with E-state index in [9.17, 15) is 20.4 Å².